The molecule has 3 nitrogen and oxygen atoms in total. The fourth-order valence-electron chi connectivity index (χ4n) is 5.31. The number of anilines is 5. The minimum atomic E-state index is 1.12. The Balaban J connectivity index is 1.42. The van der Waals surface area contributed by atoms with E-state index in [1.54, 1.807) is 0 Å². The first-order chi connectivity index (χ1) is 21.0. The lowest BCUT2D eigenvalue weighted by Crippen LogP contribution is -2.12. The molecule has 0 aliphatic carbocycles. The number of hydrogen-bond donors (Lipinski definition) is 0. The normalized spacial score (nSPS) is 11.0. The molecule has 6 rings (SSSR count). The third-order valence-corrected chi connectivity index (χ3v) is 9.07. The highest BCUT2D eigenvalue weighted by Gasteiger charge is 2.15. The van der Waals surface area contributed by atoms with Gasteiger partial charge in [-0.25, -0.2) is 0 Å². The Morgan fingerprint density at radius 2 is 0.791 bits per heavy atom. The Labute approximate surface area is 257 Å². The van der Waals surface area contributed by atoms with Gasteiger partial charge in [-0.05, 0) is 89.0 Å². The summed E-state index contributed by atoms with van der Waals surface area (Å²) in [6, 6.07) is 52.5. The molecule has 0 aliphatic rings. The van der Waals surface area contributed by atoms with E-state index >= 15 is 0 Å². The molecule has 4 heteroatoms. The highest BCUT2D eigenvalue weighted by atomic mass is 31.0. The second-order valence-electron chi connectivity index (χ2n) is 11.0. The number of hydrogen-bond acceptors (Lipinski definition) is 3. The van der Waals surface area contributed by atoms with Crippen molar-refractivity contribution in [3.05, 3.63) is 146 Å². The first kappa shape index (κ1) is 28.3. The molecule has 43 heavy (non-hydrogen) atoms. The average molecular weight is 578 g/mol. The lowest BCUT2D eigenvalue weighted by molar-refractivity contribution is 1.13. The number of rotatable bonds is 8. The van der Waals surface area contributed by atoms with E-state index in [-0.39, 0.29) is 0 Å². The van der Waals surface area contributed by atoms with Gasteiger partial charge in [-0.15, -0.1) is 0 Å². The SMILES string of the molecule is CN(C)c1ccc(N(c2ccc(-c3ccc(-c4ccccc4)pc3-c3ccccc3)cc2)c2ccc(N(C)C)cc2)cc1. The molecule has 0 unspecified atom stereocenters. The van der Waals surface area contributed by atoms with Crippen LogP contribution in [-0.2, 0) is 0 Å². The first-order valence-electron chi connectivity index (χ1n) is 14.6. The van der Waals surface area contributed by atoms with E-state index in [4.69, 9.17) is 0 Å². The Kier molecular flexibility index (Phi) is 8.27. The topological polar surface area (TPSA) is 9.72 Å². The summed E-state index contributed by atoms with van der Waals surface area (Å²) >= 11 is 0. The van der Waals surface area contributed by atoms with E-state index in [0.29, 0.717) is 0 Å². The van der Waals surface area contributed by atoms with Crippen molar-refractivity contribution < 1.29 is 0 Å². The summed E-state index contributed by atoms with van der Waals surface area (Å²) < 4.78 is 0. The molecule has 1 aromatic heterocycles. The average Bonchev–Trinajstić information content (AvgIpc) is 3.06. The molecular weight excluding hydrogens is 541 g/mol. The summed E-state index contributed by atoms with van der Waals surface area (Å²) in [5.41, 5.74) is 10.7. The highest BCUT2D eigenvalue weighted by Crippen LogP contribution is 2.44. The smallest absolute Gasteiger partial charge is 0.0463 e. The van der Waals surface area contributed by atoms with Gasteiger partial charge < -0.3 is 14.7 Å². The molecule has 212 valence electrons. The van der Waals surface area contributed by atoms with Crippen molar-refractivity contribution in [3.63, 3.8) is 0 Å². The molecule has 0 bridgehead atoms. The maximum absolute atomic E-state index is 2.32. The molecule has 6 aromatic rings. The summed E-state index contributed by atoms with van der Waals surface area (Å²) in [7, 11) is 9.50. The molecule has 0 radical (unpaired) electrons. The van der Waals surface area contributed by atoms with Crippen LogP contribution in [0.2, 0.25) is 0 Å². The maximum atomic E-state index is 2.32. The second-order valence-corrected chi connectivity index (χ2v) is 12.2. The standard InChI is InChI=1S/C39H36N3P/c1-40(2)32-19-23-35(24-20-32)42(36-25-21-33(22-26-36)41(3)4)34-17-15-29(16-18-34)37-27-28-38(30-11-7-5-8-12-30)43-39(37)31-13-9-6-10-14-31/h5-28H,1-4H3. The van der Waals surface area contributed by atoms with E-state index in [9.17, 15) is 0 Å². The first-order valence-corrected chi connectivity index (χ1v) is 15.4. The fraction of sp³-hybridized carbons (Fsp3) is 0.103. The van der Waals surface area contributed by atoms with Crippen LogP contribution in [0.5, 0.6) is 0 Å². The molecule has 0 spiro atoms. The van der Waals surface area contributed by atoms with E-state index in [1.807, 2.05) is 0 Å². The predicted molar refractivity (Wildman–Crippen MR) is 189 cm³/mol. The third kappa shape index (κ3) is 6.18. The fourth-order valence-corrected chi connectivity index (χ4v) is 6.59. The van der Waals surface area contributed by atoms with Gasteiger partial charge in [-0.3, -0.25) is 0 Å². The van der Waals surface area contributed by atoms with Crippen LogP contribution in [0.1, 0.15) is 0 Å². The Bertz CT molecular complexity index is 1730. The zero-order valence-electron chi connectivity index (χ0n) is 25.1. The van der Waals surface area contributed by atoms with Gasteiger partial charge in [0.2, 0.25) is 0 Å². The van der Waals surface area contributed by atoms with Gasteiger partial charge in [0.05, 0.1) is 0 Å². The molecule has 0 N–H and O–H groups in total. The van der Waals surface area contributed by atoms with Crippen LogP contribution in [0.3, 0.4) is 0 Å². The molecule has 1 heterocycles. The van der Waals surface area contributed by atoms with Gasteiger partial charge in [-0.2, -0.15) is 0 Å². The zero-order chi connectivity index (χ0) is 29.8. The lowest BCUT2D eigenvalue weighted by Gasteiger charge is -2.27. The minimum absolute atomic E-state index is 1.12. The Morgan fingerprint density at radius 3 is 1.26 bits per heavy atom. The van der Waals surface area contributed by atoms with E-state index in [1.165, 1.54) is 52.4 Å². The van der Waals surface area contributed by atoms with Crippen LogP contribution in [-0.4, -0.2) is 28.2 Å². The number of nitrogens with zero attached hydrogens (tertiary/aromatic N) is 3. The van der Waals surface area contributed by atoms with Crippen molar-refractivity contribution in [1.29, 1.82) is 0 Å². The largest absolute Gasteiger partial charge is 0.378 e. The maximum Gasteiger partial charge on any atom is 0.0463 e. The van der Waals surface area contributed by atoms with Crippen molar-refractivity contribution in [2.45, 2.75) is 0 Å². The van der Waals surface area contributed by atoms with Crippen molar-refractivity contribution in [3.8, 4) is 32.8 Å². The molecule has 0 amide bonds. The summed E-state index contributed by atoms with van der Waals surface area (Å²) in [6.07, 6.45) is 0. The predicted octanol–water partition coefficient (Wildman–Crippen LogP) is 10.9. The van der Waals surface area contributed by atoms with E-state index in [2.05, 4.69) is 188 Å². The minimum Gasteiger partial charge on any atom is -0.378 e. The summed E-state index contributed by atoms with van der Waals surface area (Å²) in [5.74, 6) is 0. The summed E-state index contributed by atoms with van der Waals surface area (Å²) in [4.78, 5) is 6.58. The van der Waals surface area contributed by atoms with Crippen LogP contribution in [0.25, 0.3) is 32.8 Å². The molecule has 0 fully saturated rings. The monoisotopic (exact) mass is 577 g/mol. The van der Waals surface area contributed by atoms with Crippen molar-refractivity contribution >= 4 is 36.6 Å². The zero-order valence-corrected chi connectivity index (χ0v) is 26.0. The van der Waals surface area contributed by atoms with Crippen molar-refractivity contribution in [2.24, 2.45) is 0 Å². The van der Waals surface area contributed by atoms with Crippen LogP contribution in [0, 0.1) is 0 Å². The second kappa shape index (κ2) is 12.6. The molecular formula is C39H36N3P. The van der Waals surface area contributed by atoms with Gasteiger partial charge in [-0.1, -0.05) is 87.1 Å². The third-order valence-electron chi connectivity index (χ3n) is 7.70. The molecule has 0 aliphatic heterocycles. The van der Waals surface area contributed by atoms with Crippen molar-refractivity contribution in [2.75, 3.05) is 42.9 Å². The Morgan fingerprint density at radius 1 is 0.372 bits per heavy atom. The van der Waals surface area contributed by atoms with E-state index in [0.717, 1.165) is 17.1 Å². The summed E-state index contributed by atoms with van der Waals surface area (Å²) in [6.45, 7) is 0. The van der Waals surface area contributed by atoms with Crippen LogP contribution in [0.4, 0.5) is 28.4 Å². The van der Waals surface area contributed by atoms with E-state index < -0.39 is 0 Å². The highest BCUT2D eigenvalue weighted by molar-refractivity contribution is 7.37. The summed E-state index contributed by atoms with van der Waals surface area (Å²) in [5, 5.41) is 2.64. The molecule has 5 aromatic carbocycles. The quantitative estimate of drug-likeness (QED) is 0.178. The van der Waals surface area contributed by atoms with Gasteiger partial charge >= 0.3 is 0 Å². The lowest BCUT2D eigenvalue weighted by atomic mass is 10.0. The van der Waals surface area contributed by atoms with Gasteiger partial charge in [0.25, 0.3) is 0 Å². The number of benzene rings is 5. The molecule has 0 saturated carbocycles. The molecule has 0 atom stereocenters. The van der Waals surface area contributed by atoms with Crippen molar-refractivity contribution in [1.82, 2.24) is 0 Å². The van der Waals surface area contributed by atoms with Gasteiger partial charge in [0, 0.05) is 67.2 Å². The van der Waals surface area contributed by atoms with Crippen LogP contribution < -0.4 is 14.7 Å². The van der Waals surface area contributed by atoms with Crippen LogP contribution >= 0.6 is 8.19 Å². The Hall–Kier alpha value is -4.85. The van der Waals surface area contributed by atoms with Gasteiger partial charge in [0.15, 0.2) is 0 Å². The molecule has 0 saturated heterocycles. The van der Waals surface area contributed by atoms with Gasteiger partial charge in [0.1, 0.15) is 0 Å². The van der Waals surface area contributed by atoms with Crippen LogP contribution in [0.15, 0.2) is 146 Å².